The Hall–Kier alpha value is -1.58. The van der Waals surface area contributed by atoms with Gasteiger partial charge in [0.15, 0.2) is 0 Å². The van der Waals surface area contributed by atoms with Gasteiger partial charge in [0.25, 0.3) is 5.91 Å². The van der Waals surface area contributed by atoms with Crippen molar-refractivity contribution in [1.82, 2.24) is 4.90 Å². The van der Waals surface area contributed by atoms with Crippen LogP contribution in [0.25, 0.3) is 10.4 Å². The summed E-state index contributed by atoms with van der Waals surface area (Å²) in [4.78, 5) is 16.9. The van der Waals surface area contributed by atoms with Crippen LogP contribution in [0.2, 0.25) is 5.02 Å². The second-order valence-electron chi connectivity index (χ2n) is 6.21. The number of carbonyl (C=O) groups is 1. The summed E-state index contributed by atoms with van der Waals surface area (Å²) in [7, 11) is 0. The molecular weight excluding hydrogens is 338 g/mol. The number of amides is 1. The van der Waals surface area contributed by atoms with Gasteiger partial charge in [-0.2, -0.15) is 0 Å². The van der Waals surface area contributed by atoms with Crippen molar-refractivity contribution in [3.8, 4) is 10.4 Å². The summed E-state index contributed by atoms with van der Waals surface area (Å²) in [5.41, 5.74) is 1.06. The number of thiophene rings is 1. The van der Waals surface area contributed by atoms with E-state index in [-0.39, 0.29) is 5.91 Å². The fourth-order valence-corrected chi connectivity index (χ4v) is 4.47. The van der Waals surface area contributed by atoms with Crippen LogP contribution in [-0.4, -0.2) is 23.4 Å². The first-order chi connectivity index (χ1) is 11.7. The van der Waals surface area contributed by atoms with E-state index in [4.69, 9.17) is 11.6 Å². The van der Waals surface area contributed by atoms with E-state index >= 15 is 0 Å². The zero-order valence-corrected chi connectivity index (χ0v) is 15.3. The van der Waals surface area contributed by atoms with Crippen molar-refractivity contribution in [2.75, 3.05) is 6.54 Å². The summed E-state index contributed by atoms with van der Waals surface area (Å²) in [5, 5.41) is 0.712. The summed E-state index contributed by atoms with van der Waals surface area (Å²) in [6.07, 6.45) is 7.74. The van der Waals surface area contributed by atoms with Gasteiger partial charge in [0.2, 0.25) is 0 Å². The quantitative estimate of drug-likeness (QED) is 0.597. The molecule has 0 spiro atoms. The third kappa shape index (κ3) is 3.90. The van der Waals surface area contributed by atoms with Gasteiger partial charge in [-0.3, -0.25) is 4.79 Å². The summed E-state index contributed by atoms with van der Waals surface area (Å²) in [5.74, 6) is 0.125. The van der Waals surface area contributed by atoms with E-state index in [0.717, 1.165) is 28.2 Å². The van der Waals surface area contributed by atoms with Crippen molar-refractivity contribution in [3.63, 3.8) is 0 Å². The lowest BCUT2D eigenvalue weighted by molar-refractivity contribution is 0.0668. The molecule has 24 heavy (non-hydrogen) atoms. The van der Waals surface area contributed by atoms with Gasteiger partial charge in [-0.15, -0.1) is 17.9 Å². The number of hydrogen-bond donors (Lipinski definition) is 0. The molecular formula is C20H22ClNOS. The van der Waals surface area contributed by atoms with Gasteiger partial charge in [-0.25, -0.2) is 0 Å². The number of benzene rings is 1. The normalized spacial score (nSPS) is 15.2. The first-order valence-electron chi connectivity index (χ1n) is 8.46. The maximum atomic E-state index is 13.0. The molecule has 1 fully saturated rings. The fraction of sp³-hybridized carbons (Fsp3) is 0.350. The van der Waals surface area contributed by atoms with Crippen LogP contribution in [-0.2, 0) is 0 Å². The number of rotatable bonds is 5. The van der Waals surface area contributed by atoms with Crippen molar-refractivity contribution in [2.24, 2.45) is 0 Å². The second-order valence-corrected chi connectivity index (χ2v) is 7.73. The fourth-order valence-electron chi connectivity index (χ4n) is 3.32. The molecule has 0 unspecified atom stereocenters. The van der Waals surface area contributed by atoms with Gasteiger partial charge < -0.3 is 4.90 Å². The highest BCUT2D eigenvalue weighted by atomic mass is 35.5. The standard InChI is InChI=1S/C20H22ClNOS/c1-2-13-22(17-9-4-3-5-10-17)20(23)19-12-11-18(24-19)15-7-6-8-16(21)14-15/h2,6-8,11-12,14,17H,1,3-5,9-10,13H2. The molecule has 2 nitrogen and oxygen atoms in total. The van der Waals surface area contributed by atoms with E-state index in [0.29, 0.717) is 17.6 Å². The number of halogens is 1. The molecule has 0 saturated heterocycles. The lowest BCUT2D eigenvalue weighted by Gasteiger charge is -2.33. The van der Waals surface area contributed by atoms with Gasteiger partial charge >= 0.3 is 0 Å². The van der Waals surface area contributed by atoms with Crippen LogP contribution in [0.3, 0.4) is 0 Å². The smallest absolute Gasteiger partial charge is 0.264 e. The predicted octanol–water partition coefficient (Wildman–Crippen LogP) is 6.03. The van der Waals surface area contributed by atoms with E-state index in [1.807, 2.05) is 47.4 Å². The molecule has 1 aromatic heterocycles. The van der Waals surface area contributed by atoms with Crippen molar-refractivity contribution < 1.29 is 4.79 Å². The van der Waals surface area contributed by atoms with Gasteiger partial charge in [-0.1, -0.05) is 49.1 Å². The van der Waals surface area contributed by atoms with E-state index in [9.17, 15) is 4.79 Å². The molecule has 1 heterocycles. The van der Waals surface area contributed by atoms with Crippen molar-refractivity contribution in [1.29, 1.82) is 0 Å². The molecule has 3 rings (SSSR count). The Morgan fingerprint density at radius 2 is 2.04 bits per heavy atom. The van der Waals surface area contributed by atoms with E-state index in [2.05, 4.69) is 6.58 Å². The zero-order chi connectivity index (χ0) is 16.9. The number of carbonyl (C=O) groups excluding carboxylic acids is 1. The Morgan fingerprint density at radius 1 is 1.25 bits per heavy atom. The van der Waals surface area contributed by atoms with Crippen molar-refractivity contribution >= 4 is 28.8 Å². The molecule has 0 aliphatic heterocycles. The Kier molecular flexibility index (Phi) is 5.75. The molecule has 1 amide bonds. The SMILES string of the molecule is C=CCN(C(=O)c1ccc(-c2cccc(Cl)c2)s1)C1CCCCC1. The minimum Gasteiger partial charge on any atom is -0.331 e. The highest BCUT2D eigenvalue weighted by Gasteiger charge is 2.26. The molecule has 0 N–H and O–H groups in total. The molecule has 126 valence electrons. The van der Waals surface area contributed by atoms with E-state index in [1.54, 1.807) is 0 Å². The molecule has 1 aromatic carbocycles. The molecule has 1 aliphatic carbocycles. The second kappa shape index (κ2) is 8.00. The summed E-state index contributed by atoms with van der Waals surface area (Å²) >= 11 is 7.61. The molecule has 1 aliphatic rings. The Morgan fingerprint density at radius 3 is 2.75 bits per heavy atom. The van der Waals surface area contributed by atoms with Crippen LogP contribution < -0.4 is 0 Å². The monoisotopic (exact) mass is 359 g/mol. The summed E-state index contributed by atoms with van der Waals surface area (Å²) in [6.45, 7) is 4.45. The Labute approximate surface area is 152 Å². The minimum absolute atomic E-state index is 0.125. The third-order valence-electron chi connectivity index (χ3n) is 4.53. The number of hydrogen-bond acceptors (Lipinski definition) is 2. The minimum atomic E-state index is 0.125. The van der Waals surface area contributed by atoms with Crippen LogP contribution in [0.15, 0.2) is 49.1 Å². The van der Waals surface area contributed by atoms with Gasteiger partial charge in [0.1, 0.15) is 0 Å². The first kappa shape index (κ1) is 17.2. The zero-order valence-electron chi connectivity index (χ0n) is 13.7. The molecule has 0 bridgehead atoms. The maximum absolute atomic E-state index is 13.0. The van der Waals surface area contributed by atoms with Crippen LogP contribution in [0.1, 0.15) is 41.8 Å². The van der Waals surface area contributed by atoms with Crippen molar-refractivity contribution in [3.05, 3.63) is 59.0 Å². The third-order valence-corrected chi connectivity index (χ3v) is 5.89. The lowest BCUT2D eigenvalue weighted by Crippen LogP contribution is -2.41. The van der Waals surface area contributed by atoms with Crippen LogP contribution >= 0.6 is 22.9 Å². The first-order valence-corrected chi connectivity index (χ1v) is 9.66. The van der Waals surface area contributed by atoms with Gasteiger partial charge in [-0.05, 0) is 42.7 Å². The largest absolute Gasteiger partial charge is 0.331 e. The molecule has 1 saturated carbocycles. The van der Waals surface area contributed by atoms with Crippen molar-refractivity contribution in [2.45, 2.75) is 38.1 Å². The highest BCUT2D eigenvalue weighted by molar-refractivity contribution is 7.17. The van der Waals surface area contributed by atoms with Crippen LogP contribution in [0.4, 0.5) is 0 Å². The Bertz CT molecular complexity index is 718. The average Bonchev–Trinajstić information content (AvgIpc) is 3.10. The summed E-state index contributed by atoms with van der Waals surface area (Å²) < 4.78 is 0. The summed E-state index contributed by atoms with van der Waals surface area (Å²) in [6, 6.07) is 12.0. The maximum Gasteiger partial charge on any atom is 0.264 e. The predicted molar refractivity (Wildman–Crippen MR) is 103 cm³/mol. The molecule has 2 aromatic rings. The number of nitrogens with zero attached hydrogens (tertiary/aromatic N) is 1. The topological polar surface area (TPSA) is 20.3 Å². The molecule has 0 atom stereocenters. The Balaban J connectivity index is 1.81. The average molecular weight is 360 g/mol. The van der Waals surface area contributed by atoms with Crippen LogP contribution in [0.5, 0.6) is 0 Å². The highest BCUT2D eigenvalue weighted by Crippen LogP contribution is 2.32. The van der Waals surface area contributed by atoms with Gasteiger partial charge in [0.05, 0.1) is 4.88 Å². The molecule has 0 radical (unpaired) electrons. The van der Waals surface area contributed by atoms with Crippen LogP contribution in [0, 0.1) is 0 Å². The van der Waals surface area contributed by atoms with Gasteiger partial charge in [0, 0.05) is 22.5 Å². The lowest BCUT2D eigenvalue weighted by atomic mass is 9.94. The molecule has 4 heteroatoms. The van der Waals surface area contributed by atoms with E-state index in [1.165, 1.54) is 30.6 Å². The van der Waals surface area contributed by atoms with E-state index < -0.39 is 0 Å².